The number of nitrogens with zero attached hydrogens (tertiary/aromatic N) is 2. The summed E-state index contributed by atoms with van der Waals surface area (Å²) in [6.45, 7) is 5.10. The van der Waals surface area contributed by atoms with Crippen molar-refractivity contribution < 1.29 is 18.3 Å². The second kappa shape index (κ2) is 11.7. The number of aromatic nitrogens is 1. The number of aryl methyl sites for hydroxylation is 1. The molecule has 0 aliphatic rings. The largest absolute Gasteiger partial charge is 0.387 e. The minimum atomic E-state index is -3.73. The highest BCUT2D eigenvalue weighted by Gasteiger charge is 2.20. The molecule has 10 heteroatoms. The predicted octanol–water partition coefficient (Wildman–Crippen LogP) is 4.14. The first-order valence-corrected chi connectivity index (χ1v) is 14.0. The van der Waals surface area contributed by atoms with Crippen molar-refractivity contribution in [1.82, 2.24) is 15.2 Å². The number of sulfonamides is 1. The van der Waals surface area contributed by atoms with Crippen LogP contribution in [0.25, 0.3) is 10.9 Å². The number of hydrogen-bond acceptors (Lipinski definition) is 6. The molecule has 1 aromatic heterocycles. The molecule has 0 saturated carbocycles. The highest BCUT2D eigenvalue weighted by molar-refractivity contribution is 7.92. The van der Waals surface area contributed by atoms with Crippen LogP contribution in [-0.4, -0.2) is 36.1 Å². The molecule has 0 aliphatic heterocycles. The van der Waals surface area contributed by atoms with Gasteiger partial charge in [-0.15, -0.1) is 0 Å². The summed E-state index contributed by atoms with van der Waals surface area (Å²) in [5.74, 6) is -0.435. The number of benzene rings is 3. The Morgan fingerprint density at radius 1 is 1.05 bits per heavy atom. The van der Waals surface area contributed by atoms with Gasteiger partial charge in [0.25, 0.3) is 15.9 Å². The molecule has 1 amide bonds. The number of nitriles is 1. The van der Waals surface area contributed by atoms with Gasteiger partial charge in [0.2, 0.25) is 0 Å². The minimum Gasteiger partial charge on any atom is -0.387 e. The average molecular weight is 546 g/mol. The Bertz CT molecular complexity index is 1610. The van der Waals surface area contributed by atoms with Crippen LogP contribution in [0.3, 0.4) is 0 Å². The zero-order chi connectivity index (χ0) is 28.0. The number of carbonyl (C=O) groups excluding carboxylic acids is 1. The van der Waals surface area contributed by atoms with Gasteiger partial charge >= 0.3 is 0 Å². The molecule has 1 heterocycles. The number of β-amino-alcohol motifs (C(OH)–C–C–N with tert-alkyl or cyclic N) is 1. The molecule has 0 fully saturated rings. The standard InChI is InChI=1S/C29H31N5O4S/c1-29(2,14-16-34-15-13-21-17-23(11-12-26(21)34)28(36)31-20-30)32-19-27(35)22-7-6-8-24(18-22)33-39(37,38)25-9-4-3-5-10-25/h3-13,15,17-18,27,32-33,35H,14,16,19H2,1-2H3,(H,31,36). The normalized spacial score (nSPS) is 12.6. The lowest BCUT2D eigenvalue weighted by atomic mass is 9.99. The van der Waals surface area contributed by atoms with Crippen molar-refractivity contribution in [3.8, 4) is 6.19 Å². The number of hydrogen-bond donors (Lipinski definition) is 4. The average Bonchev–Trinajstić information content (AvgIpc) is 3.33. The van der Waals surface area contributed by atoms with Gasteiger partial charge in [-0.05, 0) is 74.4 Å². The Morgan fingerprint density at radius 3 is 2.56 bits per heavy atom. The van der Waals surface area contributed by atoms with E-state index in [1.54, 1.807) is 60.8 Å². The fourth-order valence-electron chi connectivity index (χ4n) is 4.26. The SMILES string of the molecule is CC(C)(CCn1ccc2cc(C(=O)NC#N)ccc21)NCC(O)c1cccc(NS(=O)(=O)c2ccccc2)c1. The number of aliphatic hydroxyl groups excluding tert-OH is 1. The summed E-state index contributed by atoms with van der Waals surface area (Å²) < 4.78 is 30.0. The monoisotopic (exact) mass is 545 g/mol. The van der Waals surface area contributed by atoms with Crippen LogP contribution in [-0.2, 0) is 16.6 Å². The molecular formula is C29H31N5O4S. The first kappa shape index (κ1) is 27.9. The van der Waals surface area contributed by atoms with Gasteiger partial charge in [0.1, 0.15) is 0 Å². The molecule has 3 aromatic carbocycles. The van der Waals surface area contributed by atoms with Crippen LogP contribution in [0.2, 0.25) is 0 Å². The molecule has 0 spiro atoms. The van der Waals surface area contributed by atoms with Crippen LogP contribution < -0.4 is 15.4 Å². The summed E-state index contributed by atoms with van der Waals surface area (Å²) >= 11 is 0. The van der Waals surface area contributed by atoms with Gasteiger partial charge in [-0.25, -0.2) is 8.42 Å². The second-order valence-electron chi connectivity index (χ2n) is 9.92. The molecule has 4 N–H and O–H groups in total. The number of amides is 1. The lowest BCUT2D eigenvalue weighted by Crippen LogP contribution is -2.42. The van der Waals surface area contributed by atoms with E-state index in [2.05, 4.69) is 33.8 Å². The Kier molecular flexibility index (Phi) is 8.35. The van der Waals surface area contributed by atoms with E-state index in [-0.39, 0.29) is 17.0 Å². The minimum absolute atomic E-state index is 0.166. The third-order valence-electron chi connectivity index (χ3n) is 6.53. The number of fused-ring (bicyclic) bond motifs is 1. The number of aliphatic hydroxyl groups is 1. The molecule has 202 valence electrons. The van der Waals surface area contributed by atoms with Gasteiger partial charge in [-0.2, -0.15) is 5.26 Å². The lowest BCUT2D eigenvalue weighted by Gasteiger charge is -2.28. The molecule has 4 aromatic rings. The molecule has 9 nitrogen and oxygen atoms in total. The van der Waals surface area contributed by atoms with Gasteiger partial charge in [0.15, 0.2) is 6.19 Å². The van der Waals surface area contributed by atoms with Crippen molar-refractivity contribution in [2.75, 3.05) is 11.3 Å². The zero-order valence-electron chi connectivity index (χ0n) is 21.8. The van der Waals surface area contributed by atoms with Crippen molar-refractivity contribution in [2.24, 2.45) is 0 Å². The molecule has 0 saturated heterocycles. The van der Waals surface area contributed by atoms with Gasteiger partial charge in [-0.3, -0.25) is 14.8 Å². The van der Waals surface area contributed by atoms with Crippen molar-refractivity contribution in [2.45, 2.75) is 43.4 Å². The maximum atomic E-state index is 12.6. The van der Waals surface area contributed by atoms with E-state index in [1.165, 1.54) is 12.1 Å². The number of rotatable bonds is 11. The highest BCUT2D eigenvalue weighted by Crippen LogP contribution is 2.23. The van der Waals surface area contributed by atoms with E-state index in [4.69, 9.17) is 5.26 Å². The molecule has 4 rings (SSSR count). The van der Waals surface area contributed by atoms with Gasteiger partial charge in [0, 0.05) is 47.0 Å². The molecule has 1 atom stereocenters. The fourth-order valence-corrected chi connectivity index (χ4v) is 5.33. The Morgan fingerprint density at radius 2 is 1.82 bits per heavy atom. The predicted molar refractivity (Wildman–Crippen MR) is 150 cm³/mol. The maximum Gasteiger partial charge on any atom is 0.264 e. The first-order valence-electron chi connectivity index (χ1n) is 12.5. The van der Waals surface area contributed by atoms with Gasteiger partial charge in [0.05, 0.1) is 11.0 Å². The lowest BCUT2D eigenvalue weighted by molar-refractivity contribution is 0.0973. The first-order chi connectivity index (χ1) is 18.6. The van der Waals surface area contributed by atoms with Crippen LogP contribution in [0, 0.1) is 11.5 Å². The summed E-state index contributed by atoms with van der Waals surface area (Å²) in [4.78, 5) is 12.1. The Hall–Kier alpha value is -4.17. The summed E-state index contributed by atoms with van der Waals surface area (Å²) in [6.07, 6.45) is 3.53. The van der Waals surface area contributed by atoms with E-state index >= 15 is 0 Å². The Balaban J connectivity index is 1.35. The molecule has 1 unspecified atom stereocenters. The molecule has 0 bridgehead atoms. The van der Waals surface area contributed by atoms with Crippen molar-refractivity contribution in [3.63, 3.8) is 0 Å². The molecule has 0 radical (unpaired) electrons. The smallest absolute Gasteiger partial charge is 0.264 e. The second-order valence-corrected chi connectivity index (χ2v) is 11.6. The summed E-state index contributed by atoms with van der Waals surface area (Å²) in [5, 5.41) is 25.9. The van der Waals surface area contributed by atoms with Gasteiger partial charge in [-0.1, -0.05) is 30.3 Å². The number of nitrogens with one attached hydrogen (secondary N) is 3. The quantitative estimate of drug-likeness (QED) is 0.165. The van der Waals surface area contributed by atoms with Crippen LogP contribution in [0.1, 0.15) is 42.3 Å². The summed E-state index contributed by atoms with van der Waals surface area (Å²) in [6, 6.07) is 22.1. The third kappa shape index (κ3) is 7.03. The van der Waals surface area contributed by atoms with E-state index in [0.717, 1.165) is 17.3 Å². The fraction of sp³-hybridized carbons (Fsp3) is 0.241. The van der Waals surface area contributed by atoms with Crippen LogP contribution >= 0.6 is 0 Å². The molecular weight excluding hydrogens is 514 g/mol. The van der Waals surface area contributed by atoms with Crippen LogP contribution in [0.5, 0.6) is 0 Å². The van der Waals surface area contributed by atoms with Crippen molar-refractivity contribution in [3.05, 3.63) is 96.2 Å². The highest BCUT2D eigenvalue weighted by atomic mass is 32.2. The Labute approximate surface area is 228 Å². The van der Waals surface area contributed by atoms with E-state index in [9.17, 15) is 18.3 Å². The number of anilines is 1. The maximum absolute atomic E-state index is 12.6. The summed E-state index contributed by atoms with van der Waals surface area (Å²) in [7, 11) is -3.73. The molecule has 39 heavy (non-hydrogen) atoms. The van der Waals surface area contributed by atoms with Crippen LogP contribution in [0.4, 0.5) is 5.69 Å². The van der Waals surface area contributed by atoms with E-state index in [0.29, 0.717) is 23.4 Å². The molecule has 0 aliphatic carbocycles. The van der Waals surface area contributed by atoms with Crippen molar-refractivity contribution in [1.29, 1.82) is 5.26 Å². The zero-order valence-corrected chi connectivity index (χ0v) is 22.6. The third-order valence-corrected chi connectivity index (χ3v) is 7.93. The van der Waals surface area contributed by atoms with Crippen LogP contribution in [0.15, 0.2) is 90.0 Å². The van der Waals surface area contributed by atoms with E-state index in [1.807, 2.05) is 18.3 Å². The summed E-state index contributed by atoms with van der Waals surface area (Å²) in [5.41, 5.74) is 2.07. The number of carbonyl (C=O) groups is 1. The van der Waals surface area contributed by atoms with Crippen molar-refractivity contribution >= 4 is 32.5 Å². The van der Waals surface area contributed by atoms with E-state index < -0.39 is 22.0 Å². The van der Waals surface area contributed by atoms with Gasteiger partial charge < -0.3 is 15.0 Å². The topological polar surface area (TPSA) is 136 Å².